The molecular formula is C13H16N2OS2. The van der Waals surface area contributed by atoms with Gasteiger partial charge in [-0.05, 0) is 37.4 Å². The van der Waals surface area contributed by atoms with E-state index in [1.54, 1.807) is 22.7 Å². The molecule has 5 heteroatoms. The molecule has 1 saturated heterocycles. The number of carbonyl (C=O) groups is 1. The monoisotopic (exact) mass is 280 g/mol. The molecule has 1 aliphatic rings. The quantitative estimate of drug-likeness (QED) is 0.917. The highest BCUT2D eigenvalue weighted by atomic mass is 32.1. The molecule has 1 unspecified atom stereocenters. The van der Waals surface area contributed by atoms with Crippen molar-refractivity contribution in [3.05, 3.63) is 22.4 Å². The number of fused-ring (bicyclic) bond motifs is 1. The predicted octanol–water partition coefficient (Wildman–Crippen LogP) is 2.79. The molecule has 0 spiro atoms. The van der Waals surface area contributed by atoms with Crippen LogP contribution in [0, 0.1) is 0 Å². The summed E-state index contributed by atoms with van der Waals surface area (Å²) < 4.78 is 2.45. The molecule has 3 heterocycles. The molecule has 18 heavy (non-hydrogen) atoms. The number of likely N-dealkylation sites (tertiary alicyclic amines) is 1. The van der Waals surface area contributed by atoms with Crippen LogP contribution in [-0.2, 0) is 0 Å². The van der Waals surface area contributed by atoms with E-state index in [1.807, 2.05) is 18.0 Å². The standard InChI is InChI=1S/C13H16N2OS2/c1-14-9-3-2-5-15(8-9)13(16)12-7-11-10(18-12)4-6-17-11/h4,6-7,9,14H,2-3,5,8H2,1H3. The van der Waals surface area contributed by atoms with Gasteiger partial charge in [-0.25, -0.2) is 0 Å². The van der Waals surface area contributed by atoms with Crippen LogP contribution in [-0.4, -0.2) is 37.0 Å². The van der Waals surface area contributed by atoms with E-state index in [1.165, 1.54) is 15.8 Å². The van der Waals surface area contributed by atoms with E-state index in [2.05, 4.69) is 16.8 Å². The highest BCUT2D eigenvalue weighted by Crippen LogP contribution is 2.31. The van der Waals surface area contributed by atoms with Crippen LogP contribution >= 0.6 is 22.7 Å². The molecule has 0 aromatic carbocycles. The van der Waals surface area contributed by atoms with E-state index in [4.69, 9.17) is 0 Å². The zero-order chi connectivity index (χ0) is 12.5. The van der Waals surface area contributed by atoms with Gasteiger partial charge in [-0.15, -0.1) is 22.7 Å². The third kappa shape index (κ3) is 2.18. The maximum Gasteiger partial charge on any atom is 0.264 e. The normalized spacial score (nSPS) is 20.5. The van der Waals surface area contributed by atoms with Gasteiger partial charge < -0.3 is 10.2 Å². The van der Waals surface area contributed by atoms with Crippen molar-refractivity contribution in [2.45, 2.75) is 18.9 Å². The minimum atomic E-state index is 0.198. The maximum absolute atomic E-state index is 12.4. The molecule has 0 aliphatic carbocycles. The van der Waals surface area contributed by atoms with Crippen molar-refractivity contribution in [1.29, 1.82) is 0 Å². The van der Waals surface area contributed by atoms with Crippen LogP contribution in [0.15, 0.2) is 17.5 Å². The molecule has 0 radical (unpaired) electrons. The first-order chi connectivity index (χ1) is 8.78. The predicted molar refractivity (Wildman–Crippen MR) is 77.7 cm³/mol. The molecule has 3 nitrogen and oxygen atoms in total. The van der Waals surface area contributed by atoms with E-state index in [0.29, 0.717) is 6.04 Å². The molecule has 1 amide bonds. The van der Waals surface area contributed by atoms with E-state index in [-0.39, 0.29) is 5.91 Å². The van der Waals surface area contributed by atoms with Gasteiger partial charge in [0.15, 0.2) is 0 Å². The Balaban J connectivity index is 1.79. The fraction of sp³-hybridized carbons (Fsp3) is 0.462. The fourth-order valence-corrected chi connectivity index (χ4v) is 4.50. The van der Waals surface area contributed by atoms with E-state index in [0.717, 1.165) is 24.4 Å². The molecule has 1 fully saturated rings. The molecule has 1 N–H and O–H groups in total. The van der Waals surface area contributed by atoms with Crippen molar-refractivity contribution < 1.29 is 4.79 Å². The Hall–Kier alpha value is -0.910. The average Bonchev–Trinajstić information content (AvgIpc) is 2.98. The summed E-state index contributed by atoms with van der Waals surface area (Å²) >= 11 is 3.32. The summed E-state index contributed by atoms with van der Waals surface area (Å²) in [5.74, 6) is 0.198. The Labute approximate surface area is 114 Å². The fourth-order valence-electron chi connectivity index (χ4n) is 2.42. The number of piperidine rings is 1. The SMILES string of the molecule is CNC1CCCN(C(=O)c2cc3sccc3s2)C1. The molecule has 1 atom stereocenters. The van der Waals surface area contributed by atoms with Gasteiger partial charge >= 0.3 is 0 Å². The van der Waals surface area contributed by atoms with Gasteiger partial charge in [0, 0.05) is 28.5 Å². The van der Waals surface area contributed by atoms with Gasteiger partial charge in [0.25, 0.3) is 5.91 Å². The second-order valence-electron chi connectivity index (χ2n) is 4.64. The number of hydrogen-bond acceptors (Lipinski definition) is 4. The lowest BCUT2D eigenvalue weighted by atomic mass is 10.1. The van der Waals surface area contributed by atoms with Gasteiger partial charge in [-0.1, -0.05) is 0 Å². The number of carbonyl (C=O) groups excluding carboxylic acids is 1. The summed E-state index contributed by atoms with van der Waals surface area (Å²) in [6.45, 7) is 1.73. The number of thiophene rings is 2. The lowest BCUT2D eigenvalue weighted by molar-refractivity contribution is 0.0703. The van der Waals surface area contributed by atoms with Crippen molar-refractivity contribution in [2.24, 2.45) is 0 Å². The first-order valence-electron chi connectivity index (χ1n) is 6.21. The first kappa shape index (κ1) is 12.1. The van der Waals surface area contributed by atoms with Crippen molar-refractivity contribution in [3.63, 3.8) is 0 Å². The van der Waals surface area contributed by atoms with Crippen LogP contribution in [0.1, 0.15) is 22.5 Å². The summed E-state index contributed by atoms with van der Waals surface area (Å²) in [5, 5.41) is 5.35. The van der Waals surface area contributed by atoms with Gasteiger partial charge in [0.05, 0.1) is 4.88 Å². The van der Waals surface area contributed by atoms with Crippen molar-refractivity contribution in [1.82, 2.24) is 10.2 Å². The molecule has 2 aromatic rings. The summed E-state index contributed by atoms with van der Waals surface area (Å²) in [6, 6.07) is 4.58. The van der Waals surface area contributed by atoms with Crippen LogP contribution in [0.2, 0.25) is 0 Å². The Kier molecular flexibility index (Phi) is 3.37. The second-order valence-corrected chi connectivity index (χ2v) is 6.67. The molecule has 3 rings (SSSR count). The Bertz CT molecular complexity index is 532. The molecule has 1 aliphatic heterocycles. The molecule has 0 saturated carbocycles. The molecular weight excluding hydrogens is 264 g/mol. The van der Waals surface area contributed by atoms with Gasteiger partial charge in [0.2, 0.25) is 0 Å². The smallest absolute Gasteiger partial charge is 0.264 e. The van der Waals surface area contributed by atoms with Crippen molar-refractivity contribution in [2.75, 3.05) is 20.1 Å². The number of likely N-dealkylation sites (N-methyl/N-ethyl adjacent to an activating group) is 1. The summed E-state index contributed by atoms with van der Waals surface area (Å²) in [6.07, 6.45) is 2.26. The Morgan fingerprint density at radius 3 is 3.17 bits per heavy atom. The number of nitrogens with one attached hydrogen (secondary N) is 1. The van der Waals surface area contributed by atoms with Crippen LogP contribution in [0.5, 0.6) is 0 Å². The van der Waals surface area contributed by atoms with Gasteiger partial charge in [-0.2, -0.15) is 0 Å². The topological polar surface area (TPSA) is 32.3 Å². The van der Waals surface area contributed by atoms with Gasteiger partial charge in [0.1, 0.15) is 0 Å². The molecule has 0 bridgehead atoms. The van der Waals surface area contributed by atoms with E-state index >= 15 is 0 Å². The number of nitrogens with zero attached hydrogens (tertiary/aromatic N) is 1. The van der Waals surface area contributed by atoms with Crippen LogP contribution in [0.4, 0.5) is 0 Å². The largest absolute Gasteiger partial charge is 0.336 e. The first-order valence-corrected chi connectivity index (χ1v) is 7.91. The summed E-state index contributed by atoms with van der Waals surface area (Å²) in [4.78, 5) is 15.3. The molecule has 96 valence electrons. The summed E-state index contributed by atoms with van der Waals surface area (Å²) in [7, 11) is 1.97. The number of rotatable bonds is 2. The number of hydrogen-bond donors (Lipinski definition) is 1. The highest BCUT2D eigenvalue weighted by molar-refractivity contribution is 7.27. The highest BCUT2D eigenvalue weighted by Gasteiger charge is 2.24. The van der Waals surface area contributed by atoms with Gasteiger partial charge in [-0.3, -0.25) is 4.79 Å². The Morgan fingerprint density at radius 1 is 1.50 bits per heavy atom. The lowest BCUT2D eigenvalue weighted by Gasteiger charge is -2.32. The maximum atomic E-state index is 12.4. The van der Waals surface area contributed by atoms with Crippen molar-refractivity contribution >= 4 is 38.0 Å². The number of amides is 1. The lowest BCUT2D eigenvalue weighted by Crippen LogP contribution is -2.46. The second kappa shape index (κ2) is 4.99. The average molecular weight is 280 g/mol. The molecule has 2 aromatic heterocycles. The third-order valence-corrected chi connectivity index (χ3v) is 5.55. The zero-order valence-corrected chi connectivity index (χ0v) is 11.9. The van der Waals surface area contributed by atoms with Crippen molar-refractivity contribution in [3.8, 4) is 0 Å². The minimum absolute atomic E-state index is 0.198. The van der Waals surface area contributed by atoms with Crippen LogP contribution in [0.25, 0.3) is 9.40 Å². The Morgan fingerprint density at radius 2 is 2.39 bits per heavy atom. The third-order valence-electron chi connectivity index (χ3n) is 3.47. The van der Waals surface area contributed by atoms with E-state index in [9.17, 15) is 4.79 Å². The minimum Gasteiger partial charge on any atom is -0.336 e. The van der Waals surface area contributed by atoms with Crippen LogP contribution in [0.3, 0.4) is 0 Å². The summed E-state index contributed by atoms with van der Waals surface area (Å²) in [5.41, 5.74) is 0. The van der Waals surface area contributed by atoms with E-state index < -0.39 is 0 Å². The van der Waals surface area contributed by atoms with Crippen LogP contribution < -0.4 is 5.32 Å². The zero-order valence-electron chi connectivity index (χ0n) is 10.3.